The molecule has 2 aliphatic rings. The summed E-state index contributed by atoms with van der Waals surface area (Å²) in [6, 6.07) is 0.536. The molecule has 4 nitrogen and oxygen atoms in total. The Balaban J connectivity index is 2.17. The first-order valence-corrected chi connectivity index (χ1v) is 4.66. The molecule has 0 aliphatic carbocycles. The molecule has 13 heavy (non-hydrogen) atoms. The molecule has 2 bridgehead atoms. The number of rotatable bonds is 3. The van der Waals surface area contributed by atoms with Gasteiger partial charge in [-0.25, -0.2) is 0 Å². The maximum atomic E-state index is 5.88. The average Bonchev–Trinajstić information content (AvgIpc) is 2.55. The lowest BCUT2D eigenvalue weighted by Gasteiger charge is -2.30. The number of nitrogens with one attached hydrogen (secondary N) is 1. The summed E-state index contributed by atoms with van der Waals surface area (Å²) in [6.45, 7) is 1.42. The third-order valence-corrected chi connectivity index (χ3v) is 3.05. The van der Waals surface area contributed by atoms with E-state index in [0.29, 0.717) is 12.6 Å². The van der Waals surface area contributed by atoms with E-state index in [1.54, 1.807) is 14.2 Å². The van der Waals surface area contributed by atoms with Gasteiger partial charge in [0.25, 0.3) is 0 Å². The highest BCUT2D eigenvalue weighted by Crippen LogP contribution is 2.36. The summed E-state index contributed by atoms with van der Waals surface area (Å²) in [5, 5.41) is 3.40. The van der Waals surface area contributed by atoms with E-state index >= 15 is 0 Å². The van der Waals surface area contributed by atoms with Crippen LogP contribution in [-0.2, 0) is 14.2 Å². The normalized spacial score (nSPS) is 48.6. The first kappa shape index (κ1) is 9.46. The Labute approximate surface area is 79.3 Å². The number of ether oxygens (including phenoxy) is 3. The van der Waals surface area contributed by atoms with Crippen LogP contribution in [0.2, 0.25) is 0 Å². The minimum absolute atomic E-state index is 0.127. The largest absolute Gasteiger partial charge is 0.382 e. The van der Waals surface area contributed by atoms with Crippen molar-refractivity contribution in [3.05, 3.63) is 0 Å². The Morgan fingerprint density at radius 3 is 2.92 bits per heavy atom. The predicted octanol–water partition coefficient (Wildman–Crippen LogP) is -1.65. The van der Waals surface area contributed by atoms with E-state index in [-0.39, 0.29) is 17.7 Å². The quantitative estimate of drug-likeness (QED) is 0.534. The van der Waals surface area contributed by atoms with Gasteiger partial charge in [-0.2, -0.15) is 0 Å². The molecule has 0 radical (unpaired) electrons. The van der Waals surface area contributed by atoms with Crippen molar-refractivity contribution in [2.24, 2.45) is 0 Å². The third kappa shape index (κ3) is 1.22. The van der Waals surface area contributed by atoms with E-state index in [9.17, 15) is 0 Å². The van der Waals surface area contributed by atoms with Crippen LogP contribution >= 0.6 is 0 Å². The number of morpholine rings is 1. The van der Waals surface area contributed by atoms with Crippen LogP contribution in [0.15, 0.2) is 0 Å². The minimum Gasteiger partial charge on any atom is -0.382 e. The van der Waals surface area contributed by atoms with Gasteiger partial charge in [-0.3, -0.25) is 0 Å². The molecule has 5 heteroatoms. The zero-order chi connectivity index (χ0) is 9.47. The molecule has 0 aromatic rings. The van der Waals surface area contributed by atoms with Crippen molar-refractivity contribution in [2.45, 2.75) is 23.8 Å². The van der Waals surface area contributed by atoms with Gasteiger partial charge in [0.05, 0.1) is 12.6 Å². The van der Waals surface area contributed by atoms with E-state index in [4.69, 9.17) is 14.2 Å². The first-order chi connectivity index (χ1) is 6.23. The number of hydrogen-bond donors (Lipinski definition) is 1. The Hall–Kier alpha value is -0.0951. The van der Waals surface area contributed by atoms with E-state index in [1.165, 1.54) is 0 Å². The molecule has 0 saturated carbocycles. The number of methoxy groups -OCH3 is 2. The molecule has 4 atom stereocenters. The van der Waals surface area contributed by atoms with Crippen molar-refractivity contribution in [2.75, 3.05) is 27.4 Å². The summed E-state index contributed by atoms with van der Waals surface area (Å²) in [5.74, 6) is 0. The summed E-state index contributed by atoms with van der Waals surface area (Å²) in [4.78, 5) is 0. The smallest absolute Gasteiger partial charge is 0.141 e. The van der Waals surface area contributed by atoms with Crippen LogP contribution in [0.1, 0.15) is 0 Å². The van der Waals surface area contributed by atoms with Gasteiger partial charge in [0.1, 0.15) is 19.6 Å². The standard InChI is InChI=1S/C8H16BNO3/c1-11-4-8-3-10-5(6(8)12-2)7(9)13-8/h5-7,10H,3-4,9H2,1-2H3/t5?,6?,7-,8+/m1/s1. The SMILES string of the molecule is B[C@@H]1O[C@]2(COC)CNC1C2OC. The second kappa shape index (κ2) is 3.24. The van der Waals surface area contributed by atoms with Gasteiger partial charge >= 0.3 is 0 Å². The fourth-order valence-corrected chi connectivity index (χ4v) is 2.56. The molecule has 1 N–H and O–H groups in total. The van der Waals surface area contributed by atoms with E-state index < -0.39 is 0 Å². The zero-order valence-corrected chi connectivity index (χ0v) is 8.37. The van der Waals surface area contributed by atoms with Crippen LogP contribution in [0.3, 0.4) is 0 Å². The van der Waals surface area contributed by atoms with Crippen molar-refractivity contribution < 1.29 is 14.2 Å². The van der Waals surface area contributed by atoms with Crippen LogP contribution in [0, 0.1) is 0 Å². The second-order valence-electron chi connectivity index (χ2n) is 3.88. The highest BCUT2D eigenvalue weighted by atomic mass is 16.6. The molecule has 0 amide bonds. The average molecular weight is 185 g/mol. The minimum atomic E-state index is -0.256. The van der Waals surface area contributed by atoms with Crippen molar-refractivity contribution in [1.29, 1.82) is 0 Å². The van der Waals surface area contributed by atoms with E-state index in [2.05, 4.69) is 13.2 Å². The maximum absolute atomic E-state index is 5.88. The molecule has 0 aromatic heterocycles. The molecule has 0 aromatic carbocycles. The third-order valence-electron chi connectivity index (χ3n) is 3.05. The highest BCUT2D eigenvalue weighted by Gasteiger charge is 2.58. The van der Waals surface area contributed by atoms with Crippen LogP contribution in [0.5, 0.6) is 0 Å². The maximum Gasteiger partial charge on any atom is 0.141 e. The Morgan fingerprint density at radius 1 is 1.62 bits per heavy atom. The van der Waals surface area contributed by atoms with Crippen molar-refractivity contribution in [3.63, 3.8) is 0 Å². The first-order valence-electron chi connectivity index (χ1n) is 4.66. The lowest BCUT2D eigenvalue weighted by Crippen LogP contribution is -2.48. The van der Waals surface area contributed by atoms with Crippen molar-refractivity contribution >= 4 is 7.85 Å². The topological polar surface area (TPSA) is 39.7 Å². The van der Waals surface area contributed by atoms with Gasteiger partial charge in [0, 0.05) is 26.8 Å². The van der Waals surface area contributed by atoms with Crippen LogP contribution in [-0.4, -0.2) is 59.0 Å². The molecular weight excluding hydrogens is 169 g/mol. The Morgan fingerprint density at radius 2 is 2.38 bits per heavy atom. The van der Waals surface area contributed by atoms with Crippen LogP contribution in [0.4, 0.5) is 0 Å². The van der Waals surface area contributed by atoms with E-state index in [0.717, 1.165) is 6.54 Å². The van der Waals surface area contributed by atoms with Gasteiger partial charge in [0.15, 0.2) is 0 Å². The van der Waals surface area contributed by atoms with Crippen molar-refractivity contribution in [3.8, 4) is 0 Å². The fourth-order valence-electron chi connectivity index (χ4n) is 2.56. The van der Waals surface area contributed by atoms with Gasteiger partial charge in [0.2, 0.25) is 0 Å². The Bertz CT molecular complexity index is 204. The summed E-state index contributed by atoms with van der Waals surface area (Å²) >= 11 is 0. The summed E-state index contributed by atoms with van der Waals surface area (Å²) < 4.78 is 16.5. The molecule has 2 saturated heterocycles. The molecular formula is C8H16BNO3. The molecule has 2 rings (SSSR count). The predicted molar refractivity (Wildman–Crippen MR) is 50.6 cm³/mol. The molecule has 2 unspecified atom stereocenters. The summed E-state index contributed by atoms with van der Waals surface area (Å²) in [5.41, 5.74) is -0.256. The summed E-state index contributed by atoms with van der Waals surface area (Å²) in [7, 11) is 5.50. The number of fused-ring (bicyclic) bond motifs is 2. The van der Waals surface area contributed by atoms with Crippen molar-refractivity contribution in [1.82, 2.24) is 5.32 Å². The Kier molecular flexibility index (Phi) is 2.36. The van der Waals surface area contributed by atoms with Crippen LogP contribution in [0.25, 0.3) is 0 Å². The van der Waals surface area contributed by atoms with Crippen LogP contribution < -0.4 is 5.32 Å². The van der Waals surface area contributed by atoms with E-state index in [1.807, 2.05) is 0 Å². The van der Waals surface area contributed by atoms with Gasteiger partial charge < -0.3 is 19.5 Å². The lowest BCUT2D eigenvalue weighted by molar-refractivity contribution is -0.107. The number of hydrogen-bond acceptors (Lipinski definition) is 4. The zero-order valence-electron chi connectivity index (χ0n) is 8.37. The molecule has 2 fully saturated rings. The highest BCUT2D eigenvalue weighted by molar-refractivity contribution is 6.12. The monoisotopic (exact) mass is 185 g/mol. The van der Waals surface area contributed by atoms with Gasteiger partial charge in [-0.1, -0.05) is 0 Å². The van der Waals surface area contributed by atoms with Gasteiger partial charge in [-0.05, 0) is 0 Å². The molecule has 2 aliphatic heterocycles. The summed E-state index contributed by atoms with van der Waals surface area (Å²) in [6.07, 6.45) is 0.127. The molecule has 0 spiro atoms. The molecule has 2 heterocycles. The fraction of sp³-hybridized carbons (Fsp3) is 1.00. The lowest BCUT2D eigenvalue weighted by atomic mass is 9.91. The van der Waals surface area contributed by atoms with Gasteiger partial charge in [-0.15, -0.1) is 0 Å². The second-order valence-corrected chi connectivity index (χ2v) is 3.88. The molecule has 74 valence electrons.